The molecule has 1 aliphatic carbocycles. The van der Waals surface area contributed by atoms with Crippen molar-refractivity contribution in [3.63, 3.8) is 0 Å². The monoisotopic (exact) mass is 284 g/mol. The second-order valence-corrected chi connectivity index (χ2v) is 5.31. The maximum Gasteiger partial charge on any atom is 0.252 e. The molecule has 0 unspecified atom stereocenters. The zero-order chi connectivity index (χ0) is 14.7. The van der Waals surface area contributed by atoms with Crippen LogP contribution in [0.15, 0.2) is 41.2 Å². The summed E-state index contributed by atoms with van der Waals surface area (Å²) in [6, 6.07) is 12.2. The number of hydrogen-bond acceptors (Lipinski definition) is 3. The highest BCUT2D eigenvalue weighted by atomic mass is 16.5. The Balaban J connectivity index is 1.85. The molecule has 3 rings (SSSR count). The molecule has 1 aliphatic rings. The van der Waals surface area contributed by atoms with Crippen LogP contribution in [0.5, 0.6) is 5.75 Å². The second kappa shape index (κ2) is 6.14. The van der Waals surface area contributed by atoms with Crippen LogP contribution in [-0.2, 0) is 6.54 Å². The maximum atomic E-state index is 12.2. The van der Waals surface area contributed by atoms with Gasteiger partial charge in [-0.15, -0.1) is 0 Å². The van der Waals surface area contributed by atoms with E-state index in [-0.39, 0.29) is 5.56 Å². The van der Waals surface area contributed by atoms with E-state index in [9.17, 15) is 4.79 Å². The average Bonchev–Trinajstić information content (AvgIpc) is 3.31. The fourth-order valence-electron chi connectivity index (χ4n) is 2.31. The molecule has 1 heterocycles. The Morgan fingerprint density at radius 1 is 1.24 bits per heavy atom. The molecule has 0 atom stereocenters. The first-order valence-corrected chi connectivity index (χ1v) is 7.45. The lowest BCUT2D eigenvalue weighted by molar-refractivity contribution is 0.341. The van der Waals surface area contributed by atoms with Gasteiger partial charge >= 0.3 is 0 Å². The van der Waals surface area contributed by atoms with E-state index in [2.05, 4.69) is 10.3 Å². The van der Waals surface area contributed by atoms with Crippen molar-refractivity contribution in [2.45, 2.75) is 32.4 Å². The van der Waals surface area contributed by atoms with Crippen LogP contribution >= 0.6 is 0 Å². The number of nitrogens with one attached hydrogen (secondary N) is 2. The van der Waals surface area contributed by atoms with Gasteiger partial charge in [-0.25, -0.2) is 0 Å². The van der Waals surface area contributed by atoms with Crippen LogP contribution in [0.2, 0.25) is 0 Å². The first kappa shape index (κ1) is 13.9. The van der Waals surface area contributed by atoms with E-state index in [1.165, 1.54) is 12.8 Å². The van der Waals surface area contributed by atoms with Gasteiger partial charge in [-0.1, -0.05) is 18.2 Å². The molecule has 4 heteroatoms. The summed E-state index contributed by atoms with van der Waals surface area (Å²) in [4.78, 5) is 15.1. The molecular formula is C17H20N2O2. The number of hydrogen-bond donors (Lipinski definition) is 2. The Labute approximate surface area is 124 Å². The molecule has 0 saturated heterocycles. The van der Waals surface area contributed by atoms with Crippen molar-refractivity contribution in [3.8, 4) is 17.0 Å². The number of benzene rings is 1. The van der Waals surface area contributed by atoms with Crippen LogP contribution in [0.4, 0.5) is 0 Å². The molecule has 0 bridgehead atoms. The van der Waals surface area contributed by atoms with Crippen molar-refractivity contribution in [1.82, 2.24) is 10.3 Å². The van der Waals surface area contributed by atoms with E-state index in [4.69, 9.17) is 4.74 Å². The maximum absolute atomic E-state index is 12.2. The molecule has 0 aliphatic heterocycles. The van der Waals surface area contributed by atoms with E-state index in [1.807, 2.05) is 43.3 Å². The van der Waals surface area contributed by atoms with Gasteiger partial charge in [0.05, 0.1) is 12.3 Å². The minimum Gasteiger partial charge on any atom is -0.493 e. The Morgan fingerprint density at radius 3 is 2.76 bits per heavy atom. The van der Waals surface area contributed by atoms with Crippen molar-refractivity contribution < 1.29 is 4.74 Å². The zero-order valence-electron chi connectivity index (χ0n) is 12.2. The molecule has 4 nitrogen and oxygen atoms in total. The van der Waals surface area contributed by atoms with Crippen LogP contribution < -0.4 is 15.6 Å². The quantitative estimate of drug-likeness (QED) is 0.857. The van der Waals surface area contributed by atoms with Crippen molar-refractivity contribution in [1.29, 1.82) is 0 Å². The number of pyridine rings is 1. The summed E-state index contributed by atoms with van der Waals surface area (Å²) in [6.45, 7) is 3.18. The van der Waals surface area contributed by atoms with E-state index < -0.39 is 0 Å². The minimum atomic E-state index is -0.0352. The third-order valence-electron chi connectivity index (χ3n) is 3.63. The molecule has 0 spiro atoms. The van der Waals surface area contributed by atoms with E-state index in [0.717, 1.165) is 22.6 Å². The first-order chi connectivity index (χ1) is 10.3. The minimum absolute atomic E-state index is 0.0352. The molecule has 2 aromatic rings. The second-order valence-electron chi connectivity index (χ2n) is 5.31. The average molecular weight is 284 g/mol. The summed E-state index contributed by atoms with van der Waals surface area (Å²) < 4.78 is 5.61. The lowest BCUT2D eigenvalue weighted by Crippen LogP contribution is -2.22. The van der Waals surface area contributed by atoms with Gasteiger partial charge < -0.3 is 15.0 Å². The van der Waals surface area contributed by atoms with Crippen LogP contribution in [-0.4, -0.2) is 17.6 Å². The Morgan fingerprint density at radius 2 is 2.05 bits per heavy atom. The van der Waals surface area contributed by atoms with Gasteiger partial charge in [0.25, 0.3) is 5.56 Å². The van der Waals surface area contributed by atoms with Crippen molar-refractivity contribution >= 4 is 0 Å². The van der Waals surface area contributed by atoms with Crippen molar-refractivity contribution in [2.75, 3.05) is 6.61 Å². The summed E-state index contributed by atoms with van der Waals surface area (Å²) in [5.41, 5.74) is 2.45. The van der Waals surface area contributed by atoms with Crippen LogP contribution in [0.3, 0.4) is 0 Å². The molecule has 1 fully saturated rings. The highest BCUT2D eigenvalue weighted by Crippen LogP contribution is 2.27. The Bertz CT molecular complexity index is 674. The van der Waals surface area contributed by atoms with Crippen LogP contribution in [0.1, 0.15) is 25.3 Å². The highest BCUT2D eigenvalue weighted by molar-refractivity contribution is 5.66. The van der Waals surface area contributed by atoms with Gasteiger partial charge in [-0.2, -0.15) is 0 Å². The predicted octanol–water partition coefficient (Wildman–Crippen LogP) is 2.69. The third kappa shape index (κ3) is 3.34. The summed E-state index contributed by atoms with van der Waals surface area (Å²) in [5.74, 6) is 0.791. The smallest absolute Gasteiger partial charge is 0.252 e. The van der Waals surface area contributed by atoms with Crippen molar-refractivity contribution in [3.05, 3.63) is 52.3 Å². The number of para-hydroxylation sites is 1. The summed E-state index contributed by atoms with van der Waals surface area (Å²) >= 11 is 0. The third-order valence-corrected chi connectivity index (χ3v) is 3.63. The fraction of sp³-hybridized carbons (Fsp3) is 0.353. The van der Waals surface area contributed by atoms with E-state index in [1.54, 1.807) is 0 Å². The Hall–Kier alpha value is -2.07. The Kier molecular flexibility index (Phi) is 4.06. The topological polar surface area (TPSA) is 54.1 Å². The zero-order valence-corrected chi connectivity index (χ0v) is 12.2. The predicted molar refractivity (Wildman–Crippen MR) is 83.5 cm³/mol. The molecule has 1 saturated carbocycles. The number of ether oxygens (including phenoxy) is 1. The lowest BCUT2D eigenvalue weighted by Gasteiger charge is -2.10. The molecular weight excluding hydrogens is 264 g/mol. The molecule has 1 aromatic carbocycles. The summed E-state index contributed by atoms with van der Waals surface area (Å²) in [6.07, 6.45) is 2.44. The van der Waals surface area contributed by atoms with Gasteiger partial charge in [0, 0.05) is 23.7 Å². The standard InChI is InChI=1S/C17H20N2O2/c1-2-21-16-6-4-3-5-14(16)15-10-7-12(17(20)19-15)11-18-13-8-9-13/h3-7,10,13,18H,2,8-9,11H2,1H3,(H,19,20). The molecule has 0 amide bonds. The highest BCUT2D eigenvalue weighted by Gasteiger charge is 2.20. The number of H-pyrrole nitrogens is 1. The van der Waals surface area contributed by atoms with Gasteiger partial charge in [-0.3, -0.25) is 4.79 Å². The summed E-state index contributed by atoms with van der Waals surface area (Å²) in [7, 11) is 0. The fourth-order valence-corrected chi connectivity index (χ4v) is 2.31. The molecule has 1 aromatic heterocycles. The van der Waals surface area contributed by atoms with E-state index in [0.29, 0.717) is 19.2 Å². The SMILES string of the molecule is CCOc1ccccc1-c1ccc(CNC2CC2)c(=O)[nH]1. The first-order valence-electron chi connectivity index (χ1n) is 7.45. The largest absolute Gasteiger partial charge is 0.493 e. The van der Waals surface area contributed by atoms with Gasteiger partial charge in [0.2, 0.25) is 0 Å². The molecule has 21 heavy (non-hydrogen) atoms. The van der Waals surface area contributed by atoms with E-state index >= 15 is 0 Å². The molecule has 2 N–H and O–H groups in total. The van der Waals surface area contributed by atoms with Gasteiger partial charge in [0.15, 0.2) is 0 Å². The number of aromatic nitrogens is 1. The van der Waals surface area contributed by atoms with Crippen molar-refractivity contribution in [2.24, 2.45) is 0 Å². The normalized spacial score (nSPS) is 14.1. The summed E-state index contributed by atoms with van der Waals surface area (Å²) in [5, 5.41) is 3.36. The van der Waals surface area contributed by atoms with Crippen LogP contribution in [0, 0.1) is 0 Å². The van der Waals surface area contributed by atoms with Gasteiger partial charge in [-0.05, 0) is 38.0 Å². The lowest BCUT2D eigenvalue weighted by atomic mass is 10.1. The molecule has 0 radical (unpaired) electrons. The number of rotatable bonds is 6. The van der Waals surface area contributed by atoms with Gasteiger partial charge in [0.1, 0.15) is 5.75 Å². The molecule has 110 valence electrons. The van der Waals surface area contributed by atoms with Crippen LogP contribution in [0.25, 0.3) is 11.3 Å². The number of aromatic amines is 1.